The van der Waals surface area contributed by atoms with E-state index in [0.29, 0.717) is 5.92 Å². The lowest BCUT2D eigenvalue weighted by Crippen LogP contribution is -2.43. The molecule has 1 fully saturated rings. The number of esters is 1. The lowest BCUT2D eigenvalue weighted by Gasteiger charge is -2.30. The van der Waals surface area contributed by atoms with Crippen LogP contribution in [0.15, 0.2) is 0 Å². The van der Waals surface area contributed by atoms with Gasteiger partial charge in [-0.1, -0.05) is 26.2 Å². The van der Waals surface area contributed by atoms with Crippen LogP contribution in [0.2, 0.25) is 0 Å². The molecule has 20 heavy (non-hydrogen) atoms. The van der Waals surface area contributed by atoms with Crippen molar-refractivity contribution in [1.82, 2.24) is 5.32 Å². The van der Waals surface area contributed by atoms with Gasteiger partial charge >= 0.3 is 5.97 Å². The number of carbonyl (C=O) groups excluding carboxylic acids is 1. The van der Waals surface area contributed by atoms with Gasteiger partial charge in [0.2, 0.25) is 0 Å². The number of carbonyl (C=O) groups is 1. The van der Waals surface area contributed by atoms with Crippen LogP contribution in [0.3, 0.4) is 0 Å². The second kappa shape index (κ2) is 8.62. The van der Waals surface area contributed by atoms with Crippen molar-refractivity contribution in [2.24, 2.45) is 5.92 Å². The second-order valence-corrected chi connectivity index (χ2v) is 7.53. The molecule has 0 amide bonds. The van der Waals surface area contributed by atoms with Crippen LogP contribution in [0.4, 0.5) is 0 Å². The zero-order valence-corrected chi connectivity index (χ0v) is 13.4. The Balaban J connectivity index is 2.60. The standard InChI is InChI=1S/C14H27NO4S/c1-3-15-13(12-8-6-5-7-9-12)10-20(17,18)11-14(16)19-4-2/h12-13,15H,3-11H2,1-2H3. The smallest absolute Gasteiger partial charge is 0.321 e. The fraction of sp³-hybridized carbons (Fsp3) is 0.929. The van der Waals surface area contributed by atoms with Crippen LogP contribution in [0.25, 0.3) is 0 Å². The summed E-state index contributed by atoms with van der Waals surface area (Å²) in [6, 6.07) is -0.0419. The number of nitrogens with one attached hydrogen (secondary N) is 1. The first-order valence-electron chi connectivity index (χ1n) is 7.58. The number of ether oxygens (including phenoxy) is 1. The summed E-state index contributed by atoms with van der Waals surface area (Å²) in [5.74, 6) is -0.716. The minimum atomic E-state index is -3.41. The third kappa shape index (κ3) is 6.22. The Kier molecular flexibility index (Phi) is 7.51. The molecule has 0 radical (unpaired) electrons. The average molecular weight is 305 g/mol. The Labute approximate surface area is 122 Å². The summed E-state index contributed by atoms with van der Waals surface area (Å²) in [5.41, 5.74) is 0. The summed E-state index contributed by atoms with van der Waals surface area (Å²) in [6.45, 7) is 4.62. The molecule has 1 aliphatic rings. The van der Waals surface area contributed by atoms with E-state index in [1.807, 2.05) is 6.92 Å². The first-order chi connectivity index (χ1) is 9.48. The van der Waals surface area contributed by atoms with Gasteiger partial charge in [0.1, 0.15) is 5.75 Å². The molecule has 1 unspecified atom stereocenters. The quantitative estimate of drug-likeness (QED) is 0.688. The first-order valence-corrected chi connectivity index (χ1v) is 9.40. The zero-order chi connectivity index (χ0) is 15.0. The lowest BCUT2D eigenvalue weighted by molar-refractivity contribution is -0.139. The molecule has 0 aromatic rings. The number of rotatable bonds is 8. The van der Waals surface area contributed by atoms with Crippen LogP contribution in [0.1, 0.15) is 46.0 Å². The van der Waals surface area contributed by atoms with Gasteiger partial charge in [-0.3, -0.25) is 4.79 Å². The van der Waals surface area contributed by atoms with Crippen LogP contribution in [0.5, 0.6) is 0 Å². The lowest BCUT2D eigenvalue weighted by atomic mass is 9.84. The summed E-state index contributed by atoms with van der Waals surface area (Å²) < 4.78 is 28.9. The maximum absolute atomic E-state index is 12.1. The molecule has 0 aliphatic heterocycles. The van der Waals surface area contributed by atoms with Gasteiger partial charge in [0.05, 0.1) is 12.4 Å². The maximum Gasteiger partial charge on any atom is 0.321 e. The van der Waals surface area contributed by atoms with Gasteiger partial charge in [0.15, 0.2) is 9.84 Å². The third-order valence-electron chi connectivity index (χ3n) is 3.76. The SMILES string of the molecule is CCNC(CS(=O)(=O)CC(=O)OCC)C1CCCCC1. The number of hydrogen-bond acceptors (Lipinski definition) is 5. The topological polar surface area (TPSA) is 72.5 Å². The van der Waals surface area contributed by atoms with Gasteiger partial charge in [0, 0.05) is 6.04 Å². The summed E-state index contributed by atoms with van der Waals surface area (Å²) in [6.07, 6.45) is 5.74. The molecular weight excluding hydrogens is 278 g/mol. The fourth-order valence-electron chi connectivity index (χ4n) is 2.88. The Bertz CT molecular complexity index is 388. The van der Waals surface area contributed by atoms with Gasteiger partial charge in [-0.25, -0.2) is 8.42 Å². The first kappa shape index (κ1) is 17.4. The van der Waals surface area contributed by atoms with E-state index in [0.717, 1.165) is 19.4 Å². The van der Waals surface area contributed by atoms with E-state index in [1.54, 1.807) is 6.92 Å². The van der Waals surface area contributed by atoms with E-state index in [1.165, 1.54) is 19.3 Å². The van der Waals surface area contributed by atoms with Gasteiger partial charge in [0.25, 0.3) is 0 Å². The molecule has 6 heteroatoms. The molecule has 0 aromatic heterocycles. The molecule has 0 saturated heterocycles. The normalized spacial score (nSPS) is 18.7. The van der Waals surface area contributed by atoms with Crippen LogP contribution in [-0.2, 0) is 19.4 Å². The van der Waals surface area contributed by atoms with Crippen molar-refractivity contribution in [3.05, 3.63) is 0 Å². The molecule has 0 bridgehead atoms. The van der Waals surface area contributed by atoms with Crippen molar-refractivity contribution in [3.8, 4) is 0 Å². The zero-order valence-electron chi connectivity index (χ0n) is 12.6. The van der Waals surface area contributed by atoms with Gasteiger partial charge in [-0.2, -0.15) is 0 Å². The molecule has 1 saturated carbocycles. The highest BCUT2D eigenvalue weighted by Crippen LogP contribution is 2.27. The van der Waals surface area contributed by atoms with Crippen LogP contribution in [0, 0.1) is 5.92 Å². The second-order valence-electron chi connectivity index (χ2n) is 5.42. The largest absolute Gasteiger partial charge is 0.465 e. The van der Waals surface area contributed by atoms with Crippen LogP contribution >= 0.6 is 0 Å². The molecule has 5 nitrogen and oxygen atoms in total. The number of sulfone groups is 1. The van der Waals surface area contributed by atoms with Crippen LogP contribution < -0.4 is 5.32 Å². The Hall–Kier alpha value is -0.620. The van der Waals surface area contributed by atoms with Crippen molar-refractivity contribution in [2.75, 3.05) is 24.7 Å². The van der Waals surface area contributed by atoms with Gasteiger partial charge in [-0.05, 0) is 32.2 Å². The third-order valence-corrected chi connectivity index (χ3v) is 5.30. The molecular formula is C14H27NO4S. The highest BCUT2D eigenvalue weighted by molar-refractivity contribution is 7.92. The van der Waals surface area contributed by atoms with Crippen molar-refractivity contribution in [2.45, 2.75) is 52.0 Å². The minimum Gasteiger partial charge on any atom is -0.465 e. The highest BCUT2D eigenvalue weighted by atomic mass is 32.2. The van der Waals surface area contributed by atoms with E-state index in [9.17, 15) is 13.2 Å². The van der Waals surface area contributed by atoms with Crippen molar-refractivity contribution in [1.29, 1.82) is 0 Å². The van der Waals surface area contributed by atoms with E-state index in [-0.39, 0.29) is 18.4 Å². The van der Waals surface area contributed by atoms with Crippen molar-refractivity contribution < 1.29 is 17.9 Å². The van der Waals surface area contributed by atoms with Crippen LogP contribution in [-0.4, -0.2) is 45.1 Å². The highest BCUT2D eigenvalue weighted by Gasteiger charge is 2.29. The van der Waals surface area contributed by atoms with E-state index >= 15 is 0 Å². The molecule has 1 aliphatic carbocycles. The molecule has 118 valence electrons. The summed E-state index contributed by atoms with van der Waals surface area (Å²) in [4.78, 5) is 11.4. The molecule has 1 N–H and O–H groups in total. The Morgan fingerprint density at radius 3 is 2.45 bits per heavy atom. The Morgan fingerprint density at radius 1 is 1.25 bits per heavy atom. The molecule has 0 aromatic carbocycles. The average Bonchev–Trinajstić information content (AvgIpc) is 2.38. The van der Waals surface area contributed by atoms with Gasteiger partial charge < -0.3 is 10.1 Å². The predicted octanol–water partition coefficient (Wildman–Crippen LogP) is 1.52. The maximum atomic E-state index is 12.1. The summed E-state index contributed by atoms with van der Waals surface area (Å²) in [5, 5.41) is 3.28. The predicted molar refractivity (Wildman–Crippen MR) is 79.3 cm³/mol. The fourth-order valence-corrected chi connectivity index (χ4v) is 4.37. The minimum absolute atomic E-state index is 0.0321. The molecule has 0 heterocycles. The van der Waals surface area contributed by atoms with E-state index < -0.39 is 21.6 Å². The van der Waals surface area contributed by atoms with E-state index in [2.05, 4.69) is 5.32 Å². The Morgan fingerprint density at radius 2 is 1.90 bits per heavy atom. The van der Waals surface area contributed by atoms with Gasteiger partial charge in [-0.15, -0.1) is 0 Å². The van der Waals surface area contributed by atoms with E-state index in [4.69, 9.17) is 4.74 Å². The summed E-state index contributed by atoms with van der Waals surface area (Å²) in [7, 11) is -3.41. The molecule has 1 rings (SSSR count). The van der Waals surface area contributed by atoms with Crippen molar-refractivity contribution >= 4 is 15.8 Å². The molecule has 1 atom stereocenters. The monoisotopic (exact) mass is 305 g/mol. The summed E-state index contributed by atoms with van der Waals surface area (Å²) >= 11 is 0. The van der Waals surface area contributed by atoms with Crippen molar-refractivity contribution in [3.63, 3.8) is 0 Å². The molecule has 0 spiro atoms. The number of hydrogen-bond donors (Lipinski definition) is 1.